The number of nitrogens with one attached hydrogen (secondary N) is 1. The van der Waals surface area contributed by atoms with Crippen molar-refractivity contribution in [2.45, 2.75) is 0 Å². The van der Waals surface area contributed by atoms with Crippen molar-refractivity contribution < 1.29 is 18.7 Å². The van der Waals surface area contributed by atoms with Crippen molar-refractivity contribution in [1.82, 2.24) is 0 Å². The Bertz CT molecular complexity index is 823. The lowest BCUT2D eigenvalue weighted by molar-refractivity contribution is -0.112. The molecule has 2 aromatic carbocycles. The molecule has 0 atom stereocenters. The summed E-state index contributed by atoms with van der Waals surface area (Å²) in [6.45, 7) is 0.101. The lowest BCUT2D eigenvalue weighted by atomic mass is 10.1. The Labute approximate surface area is 131 Å². The molecule has 2 aromatic rings. The van der Waals surface area contributed by atoms with Crippen LogP contribution in [0.25, 0.3) is 6.08 Å². The number of halogens is 1. The maximum Gasteiger partial charge on any atom is 0.266 e. The highest BCUT2D eigenvalue weighted by molar-refractivity contribution is 6.09. The molecule has 0 aliphatic carbocycles. The van der Waals surface area contributed by atoms with E-state index in [4.69, 9.17) is 9.47 Å². The van der Waals surface area contributed by atoms with E-state index >= 15 is 0 Å². The smallest absolute Gasteiger partial charge is 0.266 e. The number of para-hydroxylation sites is 1. The SMILES string of the molecule is N#CC(=Cc1cccc2c1OCO2)C(=O)Nc1ccc(F)cc1. The van der Waals surface area contributed by atoms with Gasteiger partial charge in [0, 0.05) is 11.3 Å². The molecule has 1 amide bonds. The van der Waals surface area contributed by atoms with E-state index in [1.807, 2.05) is 6.07 Å². The summed E-state index contributed by atoms with van der Waals surface area (Å²) in [4.78, 5) is 12.2. The maximum absolute atomic E-state index is 12.9. The van der Waals surface area contributed by atoms with Gasteiger partial charge in [0.05, 0.1) is 0 Å². The average molecular weight is 310 g/mol. The van der Waals surface area contributed by atoms with Crippen LogP contribution in [0.5, 0.6) is 11.5 Å². The first-order chi connectivity index (χ1) is 11.2. The molecule has 0 aromatic heterocycles. The highest BCUT2D eigenvalue weighted by atomic mass is 19.1. The fourth-order valence-corrected chi connectivity index (χ4v) is 2.10. The van der Waals surface area contributed by atoms with Crippen molar-refractivity contribution in [3.05, 3.63) is 59.4 Å². The Morgan fingerprint density at radius 1 is 1.22 bits per heavy atom. The fraction of sp³-hybridized carbons (Fsp3) is 0.0588. The number of rotatable bonds is 3. The van der Waals surface area contributed by atoms with Crippen molar-refractivity contribution >= 4 is 17.7 Å². The van der Waals surface area contributed by atoms with E-state index in [0.717, 1.165) is 0 Å². The Morgan fingerprint density at radius 2 is 2.00 bits per heavy atom. The van der Waals surface area contributed by atoms with Gasteiger partial charge in [-0.15, -0.1) is 0 Å². The second kappa shape index (κ2) is 6.20. The van der Waals surface area contributed by atoms with Crippen LogP contribution in [0.15, 0.2) is 48.0 Å². The zero-order valence-corrected chi connectivity index (χ0v) is 11.9. The van der Waals surface area contributed by atoms with E-state index in [9.17, 15) is 14.4 Å². The second-order valence-electron chi connectivity index (χ2n) is 4.71. The van der Waals surface area contributed by atoms with Crippen LogP contribution in [0.2, 0.25) is 0 Å². The Balaban J connectivity index is 1.85. The molecule has 1 heterocycles. The summed E-state index contributed by atoms with van der Waals surface area (Å²) in [5, 5.41) is 11.8. The molecule has 0 saturated carbocycles. The van der Waals surface area contributed by atoms with Crippen molar-refractivity contribution in [3.8, 4) is 17.6 Å². The van der Waals surface area contributed by atoms with E-state index in [1.54, 1.807) is 18.2 Å². The van der Waals surface area contributed by atoms with E-state index in [0.29, 0.717) is 22.7 Å². The normalized spacial score (nSPS) is 12.6. The topological polar surface area (TPSA) is 71.3 Å². The Morgan fingerprint density at radius 3 is 2.74 bits per heavy atom. The molecule has 0 bridgehead atoms. The van der Waals surface area contributed by atoms with Gasteiger partial charge in [-0.1, -0.05) is 12.1 Å². The second-order valence-corrected chi connectivity index (χ2v) is 4.71. The quantitative estimate of drug-likeness (QED) is 0.698. The van der Waals surface area contributed by atoms with Crippen LogP contribution < -0.4 is 14.8 Å². The molecular weight excluding hydrogens is 299 g/mol. The summed E-state index contributed by atoms with van der Waals surface area (Å²) in [5.74, 6) is 0.0662. The third-order valence-corrected chi connectivity index (χ3v) is 3.19. The summed E-state index contributed by atoms with van der Waals surface area (Å²) in [6.07, 6.45) is 1.42. The highest BCUT2D eigenvalue weighted by Crippen LogP contribution is 2.36. The van der Waals surface area contributed by atoms with Gasteiger partial charge in [-0.2, -0.15) is 5.26 Å². The van der Waals surface area contributed by atoms with E-state index < -0.39 is 11.7 Å². The minimum atomic E-state index is -0.587. The predicted octanol–water partition coefficient (Wildman–Crippen LogP) is 3.10. The Kier molecular flexibility index (Phi) is 3.93. The molecule has 0 saturated heterocycles. The van der Waals surface area contributed by atoms with Crippen molar-refractivity contribution in [2.24, 2.45) is 0 Å². The van der Waals surface area contributed by atoms with Crippen LogP contribution in [0, 0.1) is 17.1 Å². The molecule has 1 aliphatic rings. The number of benzene rings is 2. The number of carbonyl (C=O) groups excluding carboxylic acids is 1. The lowest BCUT2D eigenvalue weighted by Gasteiger charge is -2.05. The Hall–Kier alpha value is -3.33. The van der Waals surface area contributed by atoms with Gasteiger partial charge >= 0.3 is 0 Å². The van der Waals surface area contributed by atoms with Gasteiger partial charge in [0.2, 0.25) is 6.79 Å². The number of nitriles is 1. The summed E-state index contributed by atoms with van der Waals surface area (Å²) >= 11 is 0. The average Bonchev–Trinajstić information content (AvgIpc) is 3.04. The third kappa shape index (κ3) is 3.14. The summed E-state index contributed by atoms with van der Waals surface area (Å²) in [5.41, 5.74) is 0.874. The third-order valence-electron chi connectivity index (χ3n) is 3.19. The first kappa shape index (κ1) is 14.6. The molecule has 1 aliphatic heterocycles. The first-order valence-corrected chi connectivity index (χ1v) is 6.75. The zero-order chi connectivity index (χ0) is 16.2. The number of nitrogens with zero attached hydrogens (tertiary/aromatic N) is 1. The molecule has 23 heavy (non-hydrogen) atoms. The van der Waals surface area contributed by atoms with Gasteiger partial charge in [0.15, 0.2) is 11.5 Å². The minimum Gasteiger partial charge on any atom is -0.454 e. The molecule has 0 spiro atoms. The van der Waals surface area contributed by atoms with Gasteiger partial charge in [-0.25, -0.2) is 4.39 Å². The molecule has 3 rings (SSSR count). The maximum atomic E-state index is 12.9. The van der Waals surface area contributed by atoms with Gasteiger partial charge in [0.1, 0.15) is 17.5 Å². The summed E-state index contributed by atoms with van der Waals surface area (Å²) in [7, 11) is 0. The number of hydrogen-bond acceptors (Lipinski definition) is 4. The van der Waals surface area contributed by atoms with Crippen molar-refractivity contribution in [1.29, 1.82) is 5.26 Å². The minimum absolute atomic E-state index is 0.0989. The van der Waals surface area contributed by atoms with Crippen LogP contribution in [-0.4, -0.2) is 12.7 Å². The molecule has 5 nitrogen and oxygen atoms in total. The number of amides is 1. The van der Waals surface area contributed by atoms with Crippen molar-refractivity contribution in [2.75, 3.05) is 12.1 Å². The van der Waals surface area contributed by atoms with Gasteiger partial charge < -0.3 is 14.8 Å². The molecule has 6 heteroatoms. The molecule has 0 unspecified atom stereocenters. The monoisotopic (exact) mass is 310 g/mol. The number of anilines is 1. The number of fused-ring (bicyclic) bond motifs is 1. The van der Waals surface area contributed by atoms with E-state index in [2.05, 4.69) is 5.32 Å². The van der Waals surface area contributed by atoms with E-state index in [-0.39, 0.29) is 12.4 Å². The number of ether oxygens (including phenoxy) is 2. The molecule has 114 valence electrons. The largest absolute Gasteiger partial charge is 0.454 e. The molecule has 1 N–H and O–H groups in total. The van der Waals surface area contributed by atoms with Crippen LogP contribution in [0.3, 0.4) is 0 Å². The van der Waals surface area contributed by atoms with Gasteiger partial charge in [-0.3, -0.25) is 4.79 Å². The number of carbonyl (C=O) groups is 1. The summed E-state index contributed by atoms with van der Waals surface area (Å²) < 4.78 is 23.4. The summed E-state index contributed by atoms with van der Waals surface area (Å²) in [6, 6.07) is 12.3. The standard InChI is InChI=1S/C17H11FN2O3/c18-13-4-6-14(7-5-13)20-17(21)12(9-19)8-11-2-1-3-15-16(11)23-10-22-15/h1-8H,10H2,(H,20,21). The lowest BCUT2D eigenvalue weighted by Crippen LogP contribution is -2.13. The number of hydrogen-bond donors (Lipinski definition) is 1. The molecule has 0 radical (unpaired) electrons. The molecule has 0 fully saturated rings. The molecular formula is C17H11FN2O3. The van der Waals surface area contributed by atoms with Crippen LogP contribution in [-0.2, 0) is 4.79 Å². The van der Waals surface area contributed by atoms with Crippen molar-refractivity contribution in [3.63, 3.8) is 0 Å². The highest BCUT2D eigenvalue weighted by Gasteiger charge is 2.18. The zero-order valence-electron chi connectivity index (χ0n) is 11.9. The predicted molar refractivity (Wildman–Crippen MR) is 81.2 cm³/mol. The fourth-order valence-electron chi connectivity index (χ4n) is 2.10. The van der Waals surface area contributed by atoms with Crippen LogP contribution in [0.4, 0.5) is 10.1 Å². The van der Waals surface area contributed by atoms with Gasteiger partial charge in [0.25, 0.3) is 5.91 Å². The first-order valence-electron chi connectivity index (χ1n) is 6.75. The van der Waals surface area contributed by atoms with Gasteiger partial charge in [-0.05, 0) is 36.4 Å². The van der Waals surface area contributed by atoms with E-state index in [1.165, 1.54) is 30.3 Å². The van der Waals surface area contributed by atoms with Crippen LogP contribution in [0.1, 0.15) is 5.56 Å². The van der Waals surface area contributed by atoms with Crippen LogP contribution >= 0.6 is 0 Å².